The summed E-state index contributed by atoms with van der Waals surface area (Å²) in [6.45, 7) is 0. The zero-order valence-electron chi connectivity index (χ0n) is 11.4. The topological polar surface area (TPSA) is 9.23 Å². The molecule has 0 aliphatic heterocycles. The van der Waals surface area contributed by atoms with Crippen molar-refractivity contribution in [2.24, 2.45) is 0 Å². The third-order valence-corrected chi connectivity index (χ3v) is 5.72. The van der Waals surface area contributed by atoms with Gasteiger partial charge in [0.15, 0.2) is 0 Å². The van der Waals surface area contributed by atoms with E-state index in [1.165, 1.54) is 16.3 Å². The maximum Gasteiger partial charge on any atom is 0.126 e. The van der Waals surface area contributed by atoms with E-state index < -0.39 is 7.92 Å². The minimum atomic E-state index is -0.561. The molecule has 0 amide bonds. The summed E-state index contributed by atoms with van der Waals surface area (Å²) in [6.07, 6.45) is 8.60. The quantitative estimate of drug-likeness (QED) is 0.778. The standard InChI is InChI=1S/C18H16OP/c1-19-17-13-7-8-14-18(17)20(16-11-5-6-12-16)15-9-3-2-4-10-15/h2-14H,1H3/t20-/m1/s1. The Morgan fingerprint density at radius 1 is 0.800 bits per heavy atom. The molecule has 1 aliphatic rings. The van der Waals surface area contributed by atoms with Crippen molar-refractivity contribution in [2.75, 3.05) is 7.11 Å². The van der Waals surface area contributed by atoms with Gasteiger partial charge in [-0.2, -0.15) is 0 Å². The van der Waals surface area contributed by atoms with Crippen molar-refractivity contribution in [3.05, 3.63) is 85.9 Å². The number of ether oxygens (including phenoxy) is 1. The molecule has 0 heterocycles. The Morgan fingerprint density at radius 2 is 1.45 bits per heavy atom. The summed E-state index contributed by atoms with van der Waals surface area (Å²) in [5.74, 6) is 0.962. The lowest BCUT2D eigenvalue weighted by molar-refractivity contribution is 0.418. The number of rotatable bonds is 4. The highest BCUT2D eigenvalue weighted by Crippen LogP contribution is 2.52. The van der Waals surface area contributed by atoms with Crippen LogP contribution >= 0.6 is 7.92 Å². The summed E-state index contributed by atoms with van der Waals surface area (Å²) in [4.78, 5) is 0. The van der Waals surface area contributed by atoms with Gasteiger partial charge in [-0.25, -0.2) is 0 Å². The zero-order chi connectivity index (χ0) is 13.8. The number of para-hydroxylation sites is 1. The van der Waals surface area contributed by atoms with Gasteiger partial charge in [0.2, 0.25) is 0 Å². The van der Waals surface area contributed by atoms with E-state index in [0.717, 1.165) is 5.75 Å². The first kappa shape index (κ1) is 13.6. The molecule has 1 aliphatic carbocycles. The molecule has 20 heavy (non-hydrogen) atoms. The van der Waals surface area contributed by atoms with Crippen LogP contribution in [0.25, 0.3) is 0 Å². The predicted molar refractivity (Wildman–Crippen MR) is 86.1 cm³/mol. The molecule has 99 valence electrons. The Labute approximate surface area is 122 Å². The predicted octanol–water partition coefficient (Wildman–Crippen LogP) is 3.49. The van der Waals surface area contributed by atoms with E-state index >= 15 is 0 Å². The minimum absolute atomic E-state index is 0.561. The van der Waals surface area contributed by atoms with Gasteiger partial charge in [-0.15, -0.1) is 0 Å². The first-order chi connectivity index (χ1) is 9.90. The van der Waals surface area contributed by atoms with Gasteiger partial charge in [-0.3, -0.25) is 0 Å². The fourth-order valence-corrected chi connectivity index (χ4v) is 4.75. The summed E-state index contributed by atoms with van der Waals surface area (Å²) in [5.41, 5.74) is 1.36. The van der Waals surface area contributed by atoms with Crippen LogP contribution in [0.15, 0.2) is 54.6 Å². The van der Waals surface area contributed by atoms with Gasteiger partial charge in [-0.05, 0) is 45.0 Å². The fraction of sp³-hybridized carbons (Fsp3) is 0.0556. The summed E-state index contributed by atoms with van der Waals surface area (Å²) >= 11 is 0. The van der Waals surface area contributed by atoms with Crippen LogP contribution in [0, 0.1) is 31.3 Å². The van der Waals surface area contributed by atoms with Gasteiger partial charge < -0.3 is 4.74 Å². The van der Waals surface area contributed by atoms with E-state index in [-0.39, 0.29) is 0 Å². The van der Waals surface area contributed by atoms with E-state index in [1.807, 2.05) is 12.1 Å². The van der Waals surface area contributed by atoms with Gasteiger partial charge in [0.05, 0.1) is 7.11 Å². The molecule has 2 aromatic carbocycles. The van der Waals surface area contributed by atoms with Crippen molar-refractivity contribution >= 4 is 18.5 Å². The lowest BCUT2D eigenvalue weighted by Crippen LogP contribution is -2.17. The second-order valence-corrected chi connectivity index (χ2v) is 6.67. The fourth-order valence-electron chi connectivity index (χ4n) is 2.33. The molecule has 0 bridgehead atoms. The van der Waals surface area contributed by atoms with Gasteiger partial charge in [-0.1, -0.05) is 48.5 Å². The SMILES string of the molecule is COc1ccccc1[P@@]([C]1[CH][CH][CH][CH]1)c1ccccc1. The van der Waals surface area contributed by atoms with E-state index in [4.69, 9.17) is 4.74 Å². The van der Waals surface area contributed by atoms with Crippen molar-refractivity contribution in [3.8, 4) is 5.75 Å². The summed E-state index contributed by atoms with van der Waals surface area (Å²) in [5, 5.41) is 2.61. The van der Waals surface area contributed by atoms with E-state index in [9.17, 15) is 0 Å². The zero-order valence-corrected chi connectivity index (χ0v) is 12.3. The third-order valence-electron chi connectivity index (χ3n) is 3.24. The highest BCUT2D eigenvalue weighted by Gasteiger charge is 2.30. The molecule has 2 heteroatoms. The van der Waals surface area contributed by atoms with Crippen LogP contribution in [0.2, 0.25) is 0 Å². The number of hydrogen-bond donors (Lipinski definition) is 0. The summed E-state index contributed by atoms with van der Waals surface area (Å²) in [7, 11) is 1.18. The lowest BCUT2D eigenvalue weighted by Gasteiger charge is -2.25. The number of methoxy groups -OCH3 is 1. The molecule has 3 rings (SSSR count). The van der Waals surface area contributed by atoms with Crippen LogP contribution < -0.4 is 15.3 Å². The molecular formula is C18H16OP. The molecule has 1 nitrogen and oxygen atoms in total. The Balaban J connectivity index is 2.05. The molecule has 0 unspecified atom stereocenters. The van der Waals surface area contributed by atoms with Crippen molar-refractivity contribution < 1.29 is 4.74 Å². The average molecular weight is 279 g/mol. The smallest absolute Gasteiger partial charge is 0.126 e. The van der Waals surface area contributed by atoms with Crippen LogP contribution in [0.5, 0.6) is 5.75 Å². The summed E-state index contributed by atoms with van der Waals surface area (Å²) < 4.78 is 5.56. The molecule has 5 radical (unpaired) electrons. The highest BCUT2D eigenvalue weighted by atomic mass is 31.1. The van der Waals surface area contributed by atoms with Crippen LogP contribution in [-0.2, 0) is 0 Å². The molecule has 0 spiro atoms. The van der Waals surface area contributed by atoms with Crippen LogP contribution in [0.3, 0.4) is 0 Å². The second kappa shape index (κ2) is 6.41. The highest BCUT2D eigenvalue weighted by molar-refractivity contribution is 7.76. The molecule has 2 aromatic rings. The van der Waals surface area contributed by atoms with E-state index in [2.05, 4.69) is 68.1 Å². The van der Waals surface area contributed by atoms with E-state index in [0.29, 0.717) is 0 Å². The first-order valence-electron chi connectivity index (χ1n) is 6.60. The molecule has 1 saturated carbocycles. The van der Waals surface area contributed by atoms with Crippen LogP contribution in [-0.4, -0.2) is 7.11 Å². The van der Waals surface area contributed by atoms with Crippen molar-refractivity contribution in [1.82, 2.24) is 0 Å². The lowest BCUT2D eigenvalue weighted by atomic mass is 10.3. The Kier molecular flexibility index (Phi) is 4.38. The van der Waals surface area contributed by atoms with Gasteiger partial charge >= 0.3 is 0 Å². The molecule has 1 fully saturated rings. The molecule has 0 N–H and O–H groups in total. The van der Waals surface area contributed by atoms with E-state index in [1.54, 1.807) is 7.11 Å². The Bertz CT molecular complexity index is 546. The van der Waals surface area contributed by atoms with Gasteiger partial charge in [0, 0.05) is 11.0 Å². The Hall–Kier alpha value is -1.33. The minimum Gasteiger partial charge on any atom is -0.496 e. The first-order valence-corrected chi connectivity index (χ1v) is 7.94. The monoisotopic (exact) mass is 279 g/mol. The number of benzene rings is 2. The van der Waals surface area contributed by atoms with Gasteiger partial charge in [0.1, 0.15) is 5.75 Å². The maximum absolute atomic E-state index is 5.56. The number of hydrogen-bond acceptors (Lipinski definition) is 1. The van der Waals surface area contributed by atoms with Crippen molar-refractivity contribution in [3.63, 3.8) is 0 Å². The second-order valence-electron chi connectivity index (χ2n) is 4.49. The largest absolute Gasteiger partial charge is 0.496 e. The Morgan fingerprint density at radius 3 is 2.15 bits per heavy atom. The third kappa shape index (κ3) is 2.74. The van der Waals surface area contributed by atoms with Crippen molar-refractivity contribution in [1.29, 1.82) is 0 Å². The summed E-state index contributed by atoms with van der Waals surface area (Å²) in [6, 6.07) is 19.0. The maximum atomic E-state index is 5.56. The normalized spacial score (nSPS) is 17.1. The molecule has 1 atom stereocenters. The van der Waals surface area contributed by atoms with Gasteiger partial charge in [0.25, 0.3) is 0 Å². The molecule has 0 aromatic heterocycles. The average Bonchev–Trinajstić information content (AvgIpc) is 3.03. The van der Waals surface area contributed by atoms with Crippen molar-refractivity contribution in [2.45, 2.75) is 0 Å². The molecular weight excluding hydrogens is 263 g/mol. The molecule has 0 saturated heterocycles. The van der Waals surface area contributed by atoms with Crippen LogP contribution in [0.1, 0.15) is 0 Å². The van der Waals surface area contributed by atoms with Crippen LogP contribution in [0.4, 0.5) is 0 Å².